The summed E-state index contributed by atoms with van der Waals surface area (Å²) in [5.41, 5.74) is 1.04. The standard InChI is InChI=1S/C12H14N6O3/c1-18(12(21)13-6-10-14-16-17-15-10)7-8-2-4-9(5-3-8)11(19)20/h2-5H,6-7H2,1H3,(H,13,21)(H,19,20)(H,14,15,16,17). The fraction of sp³-hybridized carbons (Fsp3) is 0.250. The zero-order valence-corrected chi connectivity index (χ0v) is 11.3. The number of aromatic amines is 1. The fourth-order valence-corrected chi connectivity index (χ4v) is 1.65. The molecule has 0 aliphatic carbocycles. The lowest BCUT2D eigenvalue weighted by molar-refractivity contribution is 0.0697. The summed E-state index contributed by atoms with van der Waals surface area (Å²) < 4.78 is 0. The van der Waals surface area contributed by atoms with Crippen LogP contribution in [0.15, 0.2) is 24.3 Å². The largest absolute Gasteiger partial charge is 0.478 e. The maximum Gasteiger partial charge on any atom is 0.335 e. The van der Waals surface area contributed by atoms with Crippen LogP contribution in [0.4, 0.5) is 4.79 Å². The fourth-order valence-electron chi connectivity index (χ4n) is 1.65. The molecule has 1 aromatic heterocycles. The van der Waals surface area contributed by atoms with Crippen LogP contribution in [0.3, 0.4) is 0 Å². The average molecular weight is 290 g/mol. The highest BCUT2D eigenvalue weighted by Crippen LogP contribution is 2.07. The van der Waals surface area contributed by atoms with Gasteiger partial charge >= 0.3 is 12.0 Å². The first-order valence-electron chi connectivity index (χ1n) is 6.10. The van der Waals surface area contributed by atoms with Crippen molar-refractivity contribution >= 4 is 12.0 Å². The van der Waals surface area contributed by atoms with E-state index < -0.39 is 5.97 Å². The van der Waals surface area contributed by atoms with E-state index in [9.17, 15) is 9.59 Å². The summed E-state index contributed by atoms with van der Waals surface area (Å²) in [6, 6.07) is 6.06. The van der Waals surface area contributed by atoms with Gasteiger partial charge in [-0.25, -0.2) is 9.59 Å². The van der Waals surface area contributed by atoms with Crippen LogP contribution in [0.2, 0.25) is 0 Å². The summed E-state index contributed by atoms with van der Waals surface area (Å²) >= 11 is 0. The Hall–Kier alpha value is -2.97. The summed E-state index contributed by atoms with van der Waals surface area (Å²) in [5.74, 6) is -0.588. The van der Waals surface area contributed by atoms with Crippen LogP contribution >= 0.6 is 0 Å². The van der Waals surface area contributed by atoms with E-state index in [0.29, 0.717) is 12.4 Å². The van der Waals surface area contributed by atoms with Crippen LogP contribution in [-0.2, 0) is 13.1 Å². The molecule has 0 aliphatic heterocycles. The minimum absolute atomic E-state index is 0.178. The Labute approximate surface area is 120 Å². The van der Waals surface area contributed by atoms with E-state index in [1.54, 1.807) is 19.2 Å². The molecule has 2 amide bonds. The van der Waals surface area contributed by atoms with Crippen molar-refractivity contribution < 1.29 is 14.7 Å². The van der Waals surface area contributed by atoms with Gasteiger partial charge in [0.2, 0.25) is 0 Å². The van der Waals surface area contributed by atoms with Crippen LogP contribution in [0.1, 0.15) is 21.7 Å². The highest BCUT2D eigenvalue weighted by molar-refractivity contribution is 5.87. The summed E-state index contributed by atoms with van der Waals surface area (Å²) in [6.45, 7) is 0.537. The Bertz CT molecular complexity index is 610. The van der Waals surface area contributed by atoms with Crippen molar-refractivity contribution in [3.63, 3.8) is 0 Å². The number of carbonyl (C=O) groups is 2. The van der Waals surface area contributed by atoms with Crippen LogP contribution in [-0.4, -0.2) is 49.7 Å². The number of aromatic nitrogens is 4. The molecule has 1 aromatic carbocycles. The Morgan fingerprint density at radius 3 is 2.62 bits per heavy atom. The number of hydrogen-bond acceptors (Lipinski definition) is 5. The van der Waals surface area contributed by atoms with Crippen molar-refractivity contribution in [2.45, 2.75) is 13.1 Å². The molecule has 9 nitrogen and oxygen atoms in total. The molecule has 2 aromatic rings. The molecule has 110 valence electrons. The molecule has 0 radical (unpaired) electrons. The number of nitrogens with one attached hydrogen (secondary N) is 2. The normalized spacial score (nSPS) is 10.1. The van der Waals surface area contributed by atoms with E-state index in [-0.39, 0.29) is 18.1 Å². The first-order valence-corrected chi connectivity index (χ1v) is 6.10. The molecule has 0 saturated carbocycles. The van der Waals surface area contributed by atoms with Crippen LogP contribution in [0.5, 0.6) is 0 Å². The summed E-state index contributed by atoms with van der Waals surface area (Å²) in [5, 5.41) is 24.6. The molecule has 21 heavy (non-hydrogen) atoms. The number of tetrazole rings is 1. The molecule has 0 spiro atoms. The van der Waals surface area contributed by atoms with Gasteiger partial charge in [-0.3, -0.25) is 0 Å². The molecule has 3 N–H and O–H groups in total. The number of carboxylic acids is 1. The van der Waals surface area contributed by atoms with E-state index in [1.165, 1.54) is 17.0 Å². The van der Waals surface area contributed by atoms with Crippen molar-refractivity contribution in [1.82, 2.24) is 30.8 Å². The third-order valence-corrected chi connectivity index (χ3v) is 2.75. The SMILES string of the molecule is CN(Cc1ccc(C(=O)O)cc1)C(=O)NCc1nn[nH]n1. The lowest BCUT2D eigenvalue weighted by Crippen LogP contribution is -2.36. The van der Waals surface area contributed by atoms with Gasteiger partial charge < -0.3 is 15.3 Å². The van der Waals surface area contributed by atoms with Crippen molar-refractivity contribution in [2.24, 2.45) is 0 Å². The first-order chi connectivity index (χ1) is 10.1. The lowest BCUT2D eigenvalue weighted by Gasteiger charge is -2.17. The predicted molar refractivity (Wildman–Crippen MR) is 71.3 cm³/mol. The average Bonchev–Trinajstić information content (AvgIpc) is 2.98. The van der Waals surface area contributed by atoms with E-state index >= 15 is 0 Å². The molecule has 9 heteroatoms. The van der Waals surface area contributed by atoms with Gasteiger partial charge in [0.05, 0.1) is 12.1 Å². The number of hydrogen-bond donors (Lipinski definition) is 3. The Morgan fingerprint density at radius 2 is 2.05 bits per heavy atom. The van der Waals surface area contributed by atoms with Gasteiger partial charge in [0, 0.05) is 13.6 Å². The number of rotatable bonds is 5. The van der Waals surface area contributed by atoms with Gasteiger partial charge in [-0.15, -0.1) is 10.2 Å². The maximum absolute atomic E-state index is 11.9. The smallest absolute Gasteiger partial charge is 0.335 e. The molecule has 0 aliphatic rings. The number of benzene rings is 1. The van der Waals surface area contributed by atoms with Crippen molar-refractivity contribution in [3.05, 3.63) is 41.2 Å². The Balaban J connectivity index is 1.86. The molecule has 0 fully saturated rings. The molecule has 1 heterocycles. The topological polar surface area (TPSA) is 124 Å². The van der Waals surface area contributed by atoms with Crippen LogP contribution < -0.4 is 5.32 Å². The first kappa shape index (κ1) is 14.4. The molecule has 0 saturated heterocycles. The number of nitrogens with zero attached hydrogens (tertiary/aromatic N) is 4. The quantitative estimate of drug-likeness (QED) is 0.724. The highest BCUT2D eigenvalue weighted by Gasteiger charge is 2.10. The van der Waals surface area contributed by atoms with Gasteiger partial charge in [0.25, 0.3) is 0 Å². The number of aromatic carboxylic acids is 1. The maximum atomic E-state index is 11.9. The van der Waals surface area contributed by atoms with E-state index in [1.807, 2.05) is 0 Å². The second kappa shape index (κ2) is 6.46. The van der Waals surface area contributed by atoms with Gasteiger partial charge in [-0.05, 0) is 17.7 Å². The second-order valence-electron chi connectivity index (χ2n) is 4.34. The number of amides is 2. The minimum Gasteiger partial charge on any atom is -0.478 e. The molecular weight excluding hydrogens is 276 g/mol. The Kier molecular flexibility index (Phi) is 4.44. The molecule has 0 bridgehead atoms. The zero-order chi connectivity index (χ0) is 15.2. The van der Waals surface area contributed by atoms with Gasteiger partial charge in [0.1, 0.15) is 0 Å². The number of carbonyl (C=O) groups excluding carboxylic acids is 1. The molecule has 0 unspecified atom stereocenters. The third-order valence-electron chi connectivity index (χ3n) is 2.75. The number of H-pyrrole nitrogens is 1. The lowest BCUT2D eigenvalue weighted by atomic mass is 10.1. The molecule has 0 atom stereocenters. The predicted octanol–water partition coefficient (Wildman–Crippen LogP) is 0.239. The number of carboxylic acid groups (broad SMARTS) is 1. The summed E-state index contributed by atoms with van der Waals surface area (Å²) in [6.07, 6.45) is 0. The highest BCUT2D eigenvalue weighted by atomic mass is 16.4. The van der Waals surface area contributed by atoms with E-state index in [0.717, 1.165) is 5.56 Å². The van der Waals surface area contributed by atoms with Crippen molar-refractivity contribution in [3.8, 4) is 0 Å². The monoisotopic (exact) mass is 290 g/mol. The number of urea groups is 1. The van der Waals surface area contributed by atoms with Gasteiger partial charge in [0.15, 0.2) is 5.82 Å². The van der Waals surface area contributed by atoms with E-state index in [4.69, 9.17) is 5.11 Å². The third kappa shape index (κ3) is 4.00. The Morgan fingerprint density at radius 1 is 1.33 bits per heavy atom. The van der Waals surface area contributed by atoms with Crippen molar-refractivity contribution in [1.29, 1.82) is 0 Å². The van der Waals surface area contributed by atoms with Crippen molar-refractivity contribution in [2.75, 3.05) is 7.05 Å². The minimum atomic E-state index is -0.979. The van der Waals surface area contributed by atoms with E-state index in [2.05, 4.69) is 25.9 Å². The second-order valence-corrected chi connectivity index (χ2v) is 4.34. The van der Waals surface area contributed by atoms with Crippen LogP contribution in [0, 0.1) is 0 Å². The molecular formula is C12H14N6O3. The van der Waals surface area contributed by atoms with Gasteiger partial charge in [-0.2, -0.15) is 5.21 Å². The zero-order valence-electron chi connectivity index (χ0n) is 11.3. The summed E-state index contributed by atoms with van der Waals surface area (Å²) in [4.78, 5) is 24.1. The van der Waals surface area contributed by atoms with Gasteiger partial charge in [-0.1, -0.05) is 17.3 Å². The molecule has 2 rings (SSSR count). The van der Waals surface area contributed by atoms with Crippen LogP contribution in [0.25, 0.3) is 0 Å². The summed E-state index contributed by atoms with van der Waals surface area (Å²) in [7, 11) is 1.64.